The minimum absolute atomic E-state index is 0.0233. The molecule has 7 heteroatoms. The molecule has 4 fully saturated rings. The molecule has 5 rings (SSSR count). The van der Waals surface area contributed by atoms with Gasteiger partial charge in [-0.15, -0.1) is 0 Å². The van der Waals surface area contributed by atoms with Crippen LogP contribution in [0, 0.1) is 50.2 Å². The number of esters is 1. The second-order valence-electron chi connectivity index (χ2n) is 16.3. The first-order valence-electron chi connectivity index (χ1n) is 15.7. The van der Waals surface area contributed by atoms with Crippen LogP contribution in [0.4, 0.5) is 0 Å². The molecule has 0 saturated heterocycles. The van der Waals surface area contributed by atoms with Gasteiger partial charge in [0.15, 0.2) is 5.78 Å². The van der Waals surface area contributed by atoms with Crippen molar-refractivity contribution in [3.63, 3.8) is 0 Å². The quantitative estimate of drug-likeness (QED) is 0.348. The lowest BCUT2D eigenvalue weighted by atomic mass is 9.33. The normalized spacial score (nSPS) is 46.6. The third kappa shape index (κ3) is 4.25. The first kappa shape index (κ1) is 30.3. The van der Waals surface area contributed by atoms with Gasteiger partial charge in [0.2, 0.25) is 0 Å². The summed E-state index contributed by atoms with van der Waals surface area (Å²) in [6.45, 7) is 15.5. The zero-order valence-electron chi connectivity index (χ0n) is 26.1. The molecule has 0 aromatic heterocycles. The Kier molecular flexibility index (Phi) is 6.95. The lowest BCUT2D eigenvalue weighted by Gasteiger charge is -2.70. The molecule has 2 N–H and O–H groups in total. The van der Waals surface area contributed by atoms with Gasteiger partial charge in [-0.25, -0.2) is 0 Å². The van der Waals surface area contributed by atoms with E-state index in [1.165, 1.54) is 5.57 Å². The van der Waals surface area contributed by atoms with Crippen molar-refractivity contribution in [1.82, 2.24) is 0 Å². The number of carbonyl (C=O) groups is 4. The zero-order chi connectivity index (χ0) is 30.4. The number of ketones is 1. The standard InChI is InChI=1S/C34H50O7/c1-29(2)23-10-13-34(7)27(32(23,5)12-11-24(29)41-26(38)9-8-25(36)37)22(35)18-20-21-19-31(4,28(39)40)15-14-30(21,3)16-17-33(20,34)6/h18,21,23-24,27H,8-17,19H2,1-7H3,(H,36,37)(H,39,40)/t21-,23?,24-,27?,30+,31-,32-,33+,34+/m0/s1. The molecule has 41 heavy (non-hydrogen) atoms. The van der Waals surface area contributed by atoms with E-state index >= 15 is 0 Å². The largest absolute Gasteiger partial charge is 0.481 e. The predicted octanol–water partition coefficient (Wildman–Crippen LogP) is 6.83. The fourth-order valence-corrected chi connectivity index (χ4v) is 11.0. The number of carbonyl (C=O) groups excluding carboxylic acids is 2. The summed E-state index contributed by atoms with van der Waals surface area (Å²) in [6, 6.07) is 0. The Morgan fingerprint density at radius 1 is 0.878 bits per heavy atom. The van der Waals surface area contributed by atoms with Crippen molar-refractivity contribution in [1.29, 1.82) is 0 Å². The van der Waals surface area contributed by atoms with E-state index in [1.807, 2.05) is 13.0 Å². The average molecular weight is 571 g/mol. The molecule has 5 aliphatic carbocycles. The average Bonchev–Trinajstić information content (AvgIpc) is 2.86. The predicted molar refractivity (Wildman–Crippen MR) is 154 cm³/mol. The van der Waals surface area contributed by atoms with Crippen LogP contribution >= 0.6 is 0 Å². The van der Waals surface area contributed by atoms with Crippen LogP contribution in [0.25, 0.3) is 0 Å². The molecule has 0 radical (unpaired) electrons. The lowest BCUT2D eigenvalue weighted by Crippen LogP contribution is -2.66. The highest BCUT2D eigenvalue weighted by Gasteiger charge is 2.70. The molecule has 0 aliphatic heterocycles. The van der Waals surface area contributed by atoms with E-state index in [0.717, 1.165) is 38.5 Å². The Hall–Kier alpha value is -2.18. The lowest BCUT2D eigenvalue weighted by molar-refractivity contribution is -0.211. The minimum atomic E-state index is -1.01. The highest BCUT2D eigenvalue weighted by molar-refractivity contribution is 5.95. The molecule has 0 bridgehead atoms. The van der Waals surface area contributed by atoms with Gasteiger partial charge in [-0.3, -0.25) is 19.2 Å². The number of hydrogen-bond donors (Lipinski definition) is 2. The van der Waals surface area contributed by atoms with Gasteiger partial charge in [0.05, 0.1) is 18.3 Å². The summed E-state index contributed by atoms with van der Waals surface area (Å²) in [7, 11) is 0. The van der Waals surface area contributed by atoms with Crippen LogP contribution in [0.15, 0.2) is 11.6 Å². The van der Waals surface area contributed by atoms with Gasteiger partial charge in [-0.1, -0.05) is 47.1 Å². The Morgan fingerprint density at radius 2 is 1.54 bits per heavy atom. The molecule has 5 aliphatic rings. The molecule has 2 unspecified atom stereocenters. The van der Waals surface area contributed by atoms with Gasteiger partial charge in [-0.05, 0) is 104 Å². The van der Waals surface area contributed by atoms with Crippen molar-refractivity contribution in [2.75, 3.05) is 0 Å². The molecule has 9 atom stereocenters. The first-order valence-corrected chi connectivity index (χ1v) is 15.7. The van der Waals surface area contributed by atoms with Crippen molar-refractivity contribution >= 4 is 23.7 Å². The van der Waals surface area contributed by atoms with E-state index in [1.54, 1.807) is 0 Å². The summed E-state index contributed by atoms with van der Waals surface area (Å²) in [5, 5.41) is 19.1. The summed E-state index contributed by atoms with van der Waals surface area (Å²) in [6.07, 6.45) is 8.80. The van der Waals surface area contributed by atoms with Gasteiger partial charge < -0.3 is 14.9 Å². The van der Waals surface area contributed by atoms with E-state index in [-0.39, 0.29) is 69.6 Å². The number of fused-ring (bicyclic) bond motifs is 7. The van der Waals surface area contributed by atoms with E-state index < -0.39 is 23.3 Å². The van der Waals surface area contributed by atoms with Crippen molar-refractivity contribution in [2.45, 2.75) is 125 Å². The third-order valence-corrected chi connectivity index (χ3v) is 13.8. The number of aliphatic carboxylic acids is 2. The highest BCUT2D eigenvalue weighted by atomic mass is 16.5. The van der Waals surface area contributed by atoms with E-state index in [0.29, 0.717) is 19.3 Å². The summed E-state index contributed by atoms with van der Waals surface area (Å²) in [5.41, 5.74) is -0.553. The van der Waals surface area contributed by atoms with E-state index in [9.17, 15) is 24.3 Å². The van der Waals surface area contributed by atoms with E-state index in [2.05, 4.69) is 41.5 Å². The van der Waals surface area contributed by atoms with Gasteiger partial charge in [0.25, 0.3) is 0 Å². The topological polar surface area (TPSA) is 118 Å². The molecule has 0 aromatic carbocycles. The third-order valence-electron chi connectivity index (χ3n) is 13.8. The summed E-state index contributed by atoms with van der Waals surface area (Å²) in [5.74, 6) is -1.87. The van der Waals surface area contributed by atoms with Crippen molar-refractivity contribution in [3.05, 3.63) is 11.6 Å². The van der Waals surface area contributed by atoms with Gasteiger partial charge in [0.1, 0.15) is 6.10 Å². The van der Waals surface area contributed by atoms with E-state index in [4.69, 9.17) is 9.84 Å². The van der Waals surface area contributed by atoms with Crippen molar-refractivity contribution in [2.24, 2.45) is 50.2 Å². The second-order valence-corrected chi connectivity index (χ2v) is 16.3. The Balaban J connectivity index is 1.49. The van der Waals surface area contributed by atoms with Gasteiger partial charge in [0, 0.05) is 11.3 Å². The summed E-state index contributed by atoms with van der Waals surface area (Å²) >= 11 is 0. The monoisotopic (exact) mass is 570 g/mol. The van der Waals surface area contributed by atoms with Gasteiger partial charge >= 0.3 is 17.9 Å². The Labute approximate surface area is 244 Å². The van der Waals surface area contributed by atoms with Crippen molar-refractivity contribution in [3.8, 4) is 0 Å². The number of allylic oxidation sites excluding steroid dienone is 2. The maximum atomic E-state index is 14.5. The summed E-state index contributed by atoms with van der Waals surface area (Å²) in [4.78, 5) is 50.3. The summed E-state index contributed by atoms with van der Waals surface area (Å²) < 4.78 is 5.91. The highest BCUT2D eigenvalue weighted by Crippen LogP contribution is 2.75. The smallest absolute Gasteiger partial charge is 0.309 e. The maximum absolute atomic E-state index is 14.5. The zero-order valence-corrected chi connectivity index (χ0v) is 26.1. The minimum Gasteiger partial charge on any atom is -0.481 e. The van der Waals surface area contributed by atoms with Crippen LogP contribution in [0.3, 0.4) is 0 Å². The molecule has 4 saturated carbocycles. The van der Waals surface area contributed by atoms with Crippen molar-refractivity contribution < 1.29 is 34.1 Å². The van der Waals surface area contributed by atoms with Crippen LogP contribution in [0.2, 0.25) is 0 Å². The molecule has 0 heterocycles. The number of carboxylic acids is 2. The maximum Gasteiger partial charge on any atom is 0.309 e. The molecule has 0 aromatic rings. The van der Waals surface area contributed by atoms with Gasteiger partial charge in [-0.2, -0.15) is 0 Å². The number of hydrogen-bond acceptors (Lipinski definition) is 5. The molecular weight excluding hydrogens is 520 g/mol. The molecular formula is C34H50O7. The number of rotatable bonds is 5. The first-order chi connectivity index (χ1) is 18.8. The second kappa shape index (κ2) is 9.41. The van der Waals surface area contributed by atoms with Crippen LogP contribution in [0.5, 0.6) is 0 Å². The van der Waals surface area contributed by atoms with Crippen LogP contribution in [-0.4, -0.2) is 40.0 Å². The Bertz CT molecular complexity index is 1200. The number of ether oxygens (including phenoxy) is 1. The SMILES string of the molecule is CC1(C)C2CC[C@]3(C)C(C(=O)C=C4[C@@H]5C[C@@](C)(C(=O)O)CC[C@]5(C)CC[C@]43C)[C@@]2(C)CC[C@@H]1OC(=O)CCC(=O)O. The Morgan fingerprint density at radius 3 is 2.17 bits per heavy atom. The van der Waals surface area contributed by atoms with Crippen LogP contribution in [-0.2, 0) is 23.9 Å². The molecule has 0 amide bonds. The molecule has 0 spiro atoms. The molecule has 7 nitrogen and oxygen atoms in total. The van der Waals surface area contributed by atoms with Crippen LogP contribution < -0.4 is 0 Å². The number of carboxylic acid groups (broad SMARTS) is 2. The van der Waals surface area contributed by atoms with Crippen LogP contribution in [0.1, 0.15) is 119 Å². The fraction of sp³-hybridized carbons (Fsp3) is 0.824. The fourth-order valence-electron chi connectivity index (χ4n) is 11.0. The molecule has 228 valence electrons.